The summed E-state index contributed by atoms with van der Waals surface area (Å²) in [5.41, 5.74) is 16.5. The van der Waals surface area contributed by atoms with E-state index in [2.05, 4.69) is 94.9 Å². The van der Waals surface area contributed by atoms with Crippen LogP contribution in [0.2, 0.25) is 0 Å². The highest BCUT2D eigenvalue weighted by Gasteiger charge is 2.32. The van der Waals surface area contributed by atoms with Crippen molar-refractivity contribution in [3.63, 3.8) is 0 Å². The van der Waals surface area contributed by atoms with Crippen molar-refractivity contribution in [1.82, 2.24) is 9.97 Å². The van der Waals surface area contributed by atoms with E-state index in [1.54, 1.807) is 0 Å². The van der Waals surface area contributed by atoms with E-state index >= 15 is 0 Å². The van der Waals surface area contributed by atoms with Crippen molar-refractivity contribution in [1.29, 1.82) is 0 Å². The van der Waals surface area contributed by atoms with Crippen LogP contribution in [-0.2, 0) is 0 Å². The van der Waals surface area contributed by atoms with E-state index in [0.29, 0.717) is 0 Å². The molecule has 13 rings (SSSR count). The largest absolute Gasteiger partial charge is 0.456 e. The Bertz CT molecular complexity index is 3580. The molecule has 0 radical (unpaired) electrons. The van der Waals surface area contributed by atoms with E-state index in [1.165, 1.54) is 0 Å². The monoisotopic (exact) mass is 702 g/mol. The maximum Gasteiger partial charge on any atom is 0.196 e. The molecule has 0 spiro atoms. The van der Waals surface area contributed by atoms with E-state index in [1.807, 2.05) is 60.7 Å². The van der Waals surface area contributed by atoms with Crippen LogP contribution in [0.4, 0.5) is 0 Å². The summed E-state index contributed by atoms with van der Waals surface area (Å²) in [6.07, 6.45) is 0. The number of hydrogen-bond donors (Lipinski definition) is 2. The van der Waals surface area contributed by atoms with Crippen molar-refractivity contribution in [2.45, 2.75) is 0 Å². The van der Waals surface area contributed by atoms with Gasteiger partial charge in [0.2, 0.25) is 0 Å². The molecule has 3 heterocycles. The van der Waals surface area contributed by atoms with Crippen LogP contribution >= 0.6 is 0 Å². The molecule has 0 fully saturated rings. The molecule has 2 N–H and O–H groups in total. The molecule has 11 aromatic rings. The minimum Gasteiger partial charge on any atom is -0.456 e. The Labute approximate surface area is 312 Å². The smallest absolute Gasteiger partial charge is 0.196 e. The third-order valence-electron chi connectivity index (χ3n) is 12.1. The summed E-state index contributed by atoms with van der Waals surface area (Å²) in [7, 11) is 0. The van der Waals surface area contributed by atoms with Crippen molar-refractivity contribution in [2.24, 2.45) is 0 Å². The van der Waals surface area contributed by atoms with Crippen molar-refractivity contribution in [3.8, 4) is 44.5 Å². The minimum absolute atomic E-state index is 0.0417. The highest BCUT2D eigenvalue weighted by atomic mass is 16.3. The molecule has 0 aliphatic heterocycles. The lowest BCUT2D eigenvalue weighted by Crippen LogP contribution is -1.96. The first kappa shape index (κ1) is 29.0. The van der Waals surface area contributed by atoms with Crippen molar-refractivity contribution < 1.29 is 14.0 Å². The Kier molecular flexibility index (Phi) is 5.34. The zero-order chi connectivity index (χ0) is 36.1. The average Bonchev–Trinajstić information content (AvgIpc) is 4.03. The topological polar surface area (TPSA) is 78.9 Å². The van der Waals surface area contributed by atoms with Gasteiger partial charge in [-0.1, -0.05) is 115 Å². The standard InChI is InChI=1S/C50H26N2O3/c53-49-34-7-2-1-6-29(34)30-18-20-33-32-10-5-9-28(46(32)52-47(33)44(30)49)26-14-12-25(13-15-26)27-16-17-35-38(24-27)31-19-21-37-42-39(51-48(37)45(31)50(35)54)22-23-41-43(42)36-8-3-4-11-40(36)55-41/h1-24,51-52H. The van der Waals surface area contributed by atoms with E-state index in [4.69, 9.17) is 4.42 Å². The van der Waals surface area contributed by atoms with Crippen LogP contribution in [0.3, 0.4) is 0 Å². The van der Waals surface area contributed by atoms with Gasteiger partial charge < -0.3 is 14.4 Å². The van der Waals surface area contributed by atoms with Crippen LogP contribution in [0.15, 0.2) is 150 Å². The highest BCUT2D eigenvalue weighted by Crippen LogP contribution is 2.47. The van der Waals surface area contributed by atoms with Crippen molar-refractivity contribution in [3.05, 3.63) is 168 Å². The van der Waals surface area contributed by atoms with Crippen molar-refractivity contribution in [2.75, 3.05) is 0 Å². The SMILES string of the molecule is O=C1c2ccccc2-c2ccc3c([nH]c4c(-c5ccc(-c6ccc7c(c6)-c6ccc8c([nH]c9ccc%10oc%11ccccc%11c%10c98)c6C7=O)cc5)cccc43)c21. The Balaban J connectivity index is 0.899. The summed E-state index contributed by atoms with van der Waals surface area (Å²) < 4.78 is 6.20. The molecule has 5 nitrogen and oxygen atoms in total. The zero-order valence-corrected chi connectivity index (χ0v) is 29.1. The third kappa shape index (κ3) is 3.67. The number of aromatic amines is 2. The summed E-state index contributed by atoms with van der Waals surface area (Å²) >= 11 is 0. The van der Waals surface area contributed by atoms with Crippen LogP contribution in [0.25, 0.3) is 110 Å². The second-order valence-corrected chi connectivity index (χ2v) is 14.8. The maximum atomic E-state index is 14.1. The second-order valence-electron chi connectivity index (χ2n) is 14.8. The molecule has 0 saturated carbocycles. The zero-order valence-electron chi connectivity index (χ0n) is 29.1. The number of furan rings is 1. The molecule has 2 aliphatic carbocycles. The number of rotatable bonds is 2. The van der Waals surface area contributed by atoms with Gasteiger partial charge in [0.25, 0.3) is 0 Å². The van der Waals surface area contributed by atoms with Crippen LogP contribution in [-0.4, -0.2) is 21.5 Å². The number of aromatic nitrogens is 2. The Hall–Kier alpha value is -7.50. The molecule has 0 atom stereocenters. The van der Waals surface area contributed by atoms with Crippen LogP contribution in [0.5, 0.6) is 0 Å². The summed E-state index contributed by atoms with van der Waals surface area (Å²) in [6.45, 7) is 0. The van der Waals surface area contributed by atoms with Crippen molar-refractivity contribution >= 4 is 77.1 Å². The third-order valence-corrected chi connectivity index (χ3v) is 12.1. The first-order valence-electron chi connectivity index (χ1n) is 18.5. The van der Waals surface area contributed by atoms with Gasteiger partial charge >= 0.3 is 0 Å². The van der Waals surface area contributed by atoms with Gasteiger partial charge in [-0.05, 0) is 69.3 Å². The molecule has 0 bridgehead atoms. The summed E-state index contributed by atoms with van der Waals surface area (Å²) in [4.78, 5) is 35.0. The fourth-order valence-corrected chi connectivity index (χ4v) is 9.60. The normalized spacial score (nSPS) is 13.2. The lowest BCUT2D eigenvalue weighted by atomic mass is 9.95. The lowest BCUT2D eigenvalue weighted by Gasteiger charge is -2.08. The number of fused-ring (bicyclic) bond motifs is 18. The number of para-hydroxylation sites is 2. The summed E-state index contributed by atoms with van der Waals surface area (Å²) in [5.74, 6) is 0.113. The highest BCUT2D eigenvalue weighted by molar-refractivity contribution is 6.33. The fourth-order valence-electron chi connectivity index (χ4n) is 9.60. The van der Waals surface area contributed by atoms with Gasteiger partial charge in [-0.3, -0.25) is 9.59 Å². The average molecular weight is 703 g/mol. The molecular weight excluding hydrogens is 677 g/mol. The van der Waals surface area contributed by atoms with Crippen LogP contribution < -0.4 is 0 Å². The van der Waals surface area contributed by atoms with E-state index in [9.17, 15) is 9.59 Å². The van der Waals surface area contributed by atoms with Crippen LogP contribution in [0.1, 0.15) is 31.8 Å². The molecule has 3 aromatic heterocycles. The Morgan fingerprint density at radius 1 is 0.364 bits per heavy atom. The van der Waals surface area contributed by atoms with Gasteiger partial charge in [-0.25, -0.2) is 0 Å². The summed E-state index contributed by atoms with van der Waals surface area (Å²) in [5, 5.41) is 6.38. The predicted octanol–water partition coefficient (Wildman–Crippen LogP) is 12.6. The first-order valence-corrected chi connectivity index (χ1v) is 18.5. The number of carbonyl (C=O) groups excluding carboxylic acids is 2. The second kappa shape index (κ2) is 10.1. The fraction of sp³-hybridized carbons (Fsp3) is 0. The maximum absolute atomic E-state index is 14.1. The Morgan fingerprint density at radius 3 is 1.84 bits per heavy atom. The van der Waals surface area contributed by atoms with Gasteiger partial charge in [-0.2, -0.15) is 0 Å². The number of H-pyrrole nitrogens is 2. The predicted molar refractivity (Wildman–Crippen MR) is 221 cm³/mol. The molecular formula is C50H26N2O3. The minimum atomic E-state index is 0.0417. The number of nitrogens with one attached hydrogen (secondary N) is 2. The number of ketones is 2. The molecule has 254 valence electrons. The quantitative estimate of drug-likeness (QED) is 0.188. The molecule has 8 aromatic carbocycles. The first-order chi connectivity index (χ1) is 27.1. The molecule has 55 heavy (non-hydrogen) atoms. The van der Waals surface area contributed by atoms with Gasteiger partial charge in [0.1, 0.15) is 11.2 Å². The summed E-state index contributed by atoms with van der Waals surface area (Å²) in [6, 6.07) is 49.6. The van der Waals surface area contributed by atoms with E-state index in [0.717, 1.165) is 132 Å². The lowest BCUT2D eigenvalue weighted by molar-refractivity contribution is 0.103. The van der Waals surface area contributed by atoms with Gasteiger partial charge in [-0.15, -0.1) is 0 Å². The number of benzene rings is 8. The number of hydrogen-bond acceptors (Lipinski definition) is 3. The van der Waals surface area contributed by atoms with Crippen LogP contribution in [0, 0.1) is 0 Å². The molecule has 0 unspecified atom stereocenters. The molecule has 5 heteroatoms. The van der Waals surface area contributed by atoms with E-state index in [-0.39, 0.29) is 11.6 Å². The van der Waals surface area contributed by atoms with Gasteiger partial charge in [0.05, 0.1) is 27.7 Å². The molecule has 2 aliphatic rings. The van der Waals surface area contributed by atoms with E-state index < -0.39 is 0 Å². The number of carbonyl (C=O) groups is 2. The van der Waals surface area contributed by atoms with Gasteiger partial charge in [0, 0.05) is 54.5 Å². The molecule has 0 amide bonds. The Morgan fingerprint density at radius 2 is 0.982 bits per heavy atom. The van der Waals surface area contributed by atoms with Gasteiger partial charge in [0.15, 0.2) is 11.6 Å². The molecule has 0 saturated heterocycles.